The lowest BCUT2D eigenvalue weighted by atomic mass is 10.0. The van der Waals surface area contributed by atoms with Crippen molar-refractivity contribution in [2.24, 2.45) is 0 Å². The Morgan fingerprint density at radius 3 is 1.50 bits per heavy atom. The molecule has 0 aliphatic carbocycles. The average Bonchev–Trinajstić information content (AvgIpc) is 3.15. The first kappa shape index (κ1) is 18.6. The largest absolute Gasteiger partial charge is 0.139 e. The minimum atomic E-state index is 0.945. The molecule has 4 rings (SSSR count). The van der Waals surface area contributed by atoms with Crippen LogP contribution in [0.5, 0.6) is 0 Å². The van der Waals surface area contributed by atoms with Gasteiger partial charge in [0.05, 0.1) is 10.0 Å². The molecule has 0 amide bonds. The predicted octanol–water partition coefficient (Wildman–Crippen LogP) is 9.26. The summed E-state index contributed by atoms with van der Waals surface area (Å²) in [6, 6.07) is 8.92. The number of fused-ring (bicyclic) bond motifs is 5. The highest BCUT2D eigenvalue weighted by Crippen LogP contribution is 2.45. The van der Waals surface area contributed by atoms with Gasteiger partial charge in [0.25, 0.3) is 0 Å². The first-order valence-electron chi connectivity index (χ1n) is 9.39. The smallest absolute Gasteiger partial charge is 0.0630 e. The molecule has 0 radical (unpaired) electrons. The Morgan fingerprint density at radius 1 is 0.692 bits per heavy atom. The molecule has 0 saturated carbocycles. The third kappa shape index (κ3) is 3.05. The molecule has 0 bridgehead atoms. The molecule has 0 spiro atoms. The quantitative estimate of drug-likeness (QED) is 0.291. The zero-order chi connectivity index (χ0) is 18.3. The molecule has 0 aliphatic heterocycles. The zero-order valence-corrected chi connectivity index (χ0v) is 18.3. The predicted molar refractivity (Wildman–Crippen MR) is 122 cm³/mol. The van der Waals surface area contributed by atoms with Gasteiger partial charge in [-0.2, -0.15) is 0 Å². The third-order valence-electron chi connectivity index (χ3n) is 5.03. The maximum atomic E-state index is 6.82. The summed E-state index contributed by atoms with van der Waals surface area (Å²) in [6.45, 7) is 4.45. The Balaban J connectivity index is 1.95. The van der Waals surface area contributed by atoms with Crippen LogP contribution in [0.25, 0.3) is 30.9 Å². The number of benzene rings is 2. The number of halogens is 2. The van der Waals surface area contributed by atoms with E-state index in [1.807, 2.05) is 22.7 Å². The van der Waals surface area contributed by atoms with Gasteiger partial charge in [0.1, 0.15) is 0 Å². The van der Waals surface area contributed by atoms with Gasteiger partial charge in [-0.25, -0.2) is 0 Å². The molecule has 0 nitrogen and oxygen atoms in total. The van der Waals surface area contributed by atoms with E-state index in [2.05, 4.69) is 38.1 Å². The molecule has 0 aliphatic rings. The third-order valence-corrected chi connectivity index (χ3v) is 8.52. The van der Waals surface area contributed by atoms with Gasteiger partial charge in [-0.3, -0.25) is 0 Å². The molecule has 2 aromatic heterocycles. The van der Waals surface area contributed by atoms with Crippen LogP contribution in [0.3, 0.4) is 0 Å². The van der Waals surface area contributed by atoms with Crippen molar-refractivity contribution >= 4 is 76.8 Å². The first-order valence-corrected chi connectivity index (χ1v) is 11.8. The molecule has 26 heavy (non-hydrogen) atoms. The monoisotopic (exact) mass is 420 g/mol. The maximum Gasteiger partial charge on any atom is 0.0630 e. The molecule has 0 unspecified atom stereocenters. The Hall–Kier alpha value is -0.800. The van der Waals surface area contributed by atoms with E-state index in [-0.39, 0.29) is 0 Å². The van der Waals surface area contributed by atoms with Gasteiger partial charge in [-0.1, -0.05) is 62.0 Å². The van der Waals surface area contributed by atoms with Crippen LogP contribution >= 0.6 is 45.9 Å². The van der Waals surface area contributed by atoms with Crippen LogP contribution in [0.4, 0.5) is 0 Å². The van der Waals surface area contributed by atoms with Crippen molar-refractivity contribution in [2.75, 3.05) is 0 Å². The molecule has 2 aromatic carbocycles. The number of rotatable bonds is 6. The van der Waals surface area contributed by atoms with Crippen LogP contribution < -0.4 is 0 Å². The highest BCUT2D eigenvalue weighted by molar-refractivity contribution is 7.20. The zero-order valence-electron chi connectivity index (χ0n) is 15.1. The van der Waals surface area contributed by atoms with E-state index in [0.29, 0.717) is 0 Å². The maximum absolute atomic E-state index is 6.82. The van der Waals surface area contributed by atoms with Gasteiger partial charge in [0.15, 0.2) is 0 Å². The van der Waals surface area contributed by atoms with E-state index in [9.17, 15) is 0 Å². The van der Waals surface area contributed by atoms with Crippen molar-refractivity contribution in [3.8, 4) is 0 Å². The van der Waals surface area contributed by atoms with Crippen LogP contribution in [0.15, 0.2) is 24.3 Å². The average molecular weight is 421 g/mol. The topological polar surface area (TPSA) is 0 Å². The summed E-state index contributed by atoms with van der Waals surface area (Å²) in [7, 11) is 0. The van der Waals surface area contributed by atoms with E-state index in [1.54, 1.807) is 0 Å². The van der Waals surface area contributed by atoms with Crippen LogP contribution in [0, 0.1) is 0 Å². The lowest BCUT2D eigenvalue weighted by molar-refractivity contribution is 0.804. The van der Waals surface area contributed by atoms with Crippen molar-refractivity contribution < 1.29 is 0 Å². The normalized spacial score (nSPS) is 12.0. The molecule has 4 heteroatoms. The summed E-state index contributed by atoms with van der Waals surface area (Å²) < 4.78 is 2.57. The van der Waals surface area contributed by atoms with Gasteiger partial charge >= 0.3 is 0 Å². The second-order valence-corrected chi connectivity index (χ2v) is 9.89. The van der Waals surface area contributed by atoms with Crippen LogP contribution in [0.2, 0.25) is 10.0 Å². The SMILES string of the molecule is CCCCc1sc2ccc3c(ccc4sc(CCCC)c(Cl)c43)c2c1Cl. The fraction of sp³-hybridized carbons (Fsp3) is 0.364. The highest BCUT2D eigenvalue weighted by Gasteiger charge is 2.17. The molecule has 0 N–H and O–H groups in total. The van der Waals surface area contributed by atoms with Crippen LogP contribution in [0.1, 0.15) is 49.3 Å². The number of aryl methyl sites for hydroxylation is 2. The molecular weight excluding hydrogens is 399 g/mol. The Bertz CT molecular complexity index is 1000. The second kappa shape index (κ2) is 7.67. The fourth-order valence-corrected chi connectivity index (χ4v) is 6.87. The van der Waals surface area contributed by atoms with E-state index in [4.69, 9.17) is 23.2 Å². The summed E-state index contributed by atoms with van der Waals surface area (Å²) >= 11 is 17.3. The molecule has 2 heterocycles. The van der Waals surface area contributed by atoms with Gasteiger partial charge < -0.3 is 0 Å². The van der Waals surface area contributed by atoms with E-state index in [1.165, 1.54) is 66.4 Å². The first-order chi connectivity index (χ1) is 12.7. The summed E-state index contributed by atoms with van der Waals surface area (Å²) in [4.78, 5) is 2.63. The van der Waals surface area contributed by atoms with Crippen molar-refractivity contribution in [1.29, 1.82) is 0 Å². The van der Waals surface area contributed by atoms with Crippen LogP contribution in [-0.4, -0.2) is 0 Å². The molecule has 136 valence electrons. The van der Waals surface area contributed by atoms with Gasteiger partial charge in [0.2, 0.25) is 0 Å². The Morgan fingerprint density at radius 2 is 1.12 bits per heavy atom. The molecule has 0 saturated heterocycles. The van der Waals surface area contributed by atoms with Crippen molar-refractivity contribution in [1.82, 2.24) is 0 Å². The summed E-state index contributed by atoms with van der Waals surface area (Å²) in [6.07, 6.45) is 6.89. The Kier molecular flexibility index (Phi) is 5.48. The summed E-state index contributed by atoms with van der Waals surface area (Å²) in [5.74, 6) is 0. The van der Waals surface area contributed by atoms with Gasteiger partial charge in [0, 0.05) is 29.9 Å². The second-order valence-electron chi connectivity index (χ2n) is 6.86. The Labute approximate surface area is 172 Å². The summed E-state index contributed by atoms with van der Waals surface area (Å²) in [5.41, 5.74) is 0. The van der Waals surface area contributed by atoms with Crippen molar-refractivity contribution in [3.63, 3.8) is 0 Å². The van der Waals surface area contributed by atoms with Gasteiger partial charge in [-0.15, -0.1) is 22.7 Å². The lowest BCUT2D eigenvalue weighted by Crippen LogP contribution is -1.81. The van der Waals surface area contributed by atoms with Crippen LogP contribution in [-0.2, 0) is 12.8 Å². The number of unbranched alkanes of at least 4 members (excludes halogenated alkanes) is 2. The standard InChI is InChI=1S/C22H22Cl2S2/c1-3-5-7-17-21(23)19-13-10-12-16-20(14(13)9-11-15(19)25-17)22(24)18(26-16)8-6-4-2/h9-12H,3-8H2,1-2H3. The molecule has 4 aromatic rings. The molecule has 0 fully saturated rings. The van der Waals surface area contributed by atoms with Gasteiger partial charge in [-0.05, 0) is 48.6 Å². The highest BCUT2D eigenvalue weighted by atomic mass is 35.5. The summed E-state index contributed by atoms with van der Waals surface area (Å²) in [5, 5.41) is 6.78. The molecular formula is C22H22Cl2S2. The number of hydrogen-bond acceptors (Lipinski definition) is 2. The number of thiophene rings is 2. The van der Waals surface area contributed by atoms with E-state index < -0.39 is 0 Å². The van der Waals surface area contributed by atoms with Crippen molar-refractivity contribution in [3.05, 3.63) is 44.1 Å². The molecule has 0 atom stereocenters. The minimum Gasteiger partial charge on any atom is -0.139 e. The lowest BCUT2D eigenvalue weighted by Gasteiger charge is -2.03. The number of hydrogen-bond donors (Lipinski definition) is 0. The minimum absolute atomic E-state index is 0.945. The van der Waals surface area contributed by atoms with Crippen molar-refractivity contribution in [2.45, 2.75) is 52.4 Å². The van der Waals surface area contributed by atoms with E-state index in [0.717, 1.165) is 22.9 Å². The van der Waals surface area contributed by atoms with E-state index >= 15 is 0 Å². The fourth-order valence-electron chi connectivity index (χ4n) is 3.62.